The molecule has 2 aliphatic rings. The van der Waals surface area contributed by atoms with E-state index < -0.39 is 5.60 Å². The van der Waals surface area contributed by atoms with Crippen LogP contribution in [0.5, 0.6) is 0 Å². The molecule has 1 N–H and O–H groups in total. The Labute approximate surface area is 165 Å². The third-order valence-electron chi connectivity index (χ3n) is 5.32. The second-order valence-electron chi connectivity index (χ2n) is 8.63. The minimum absolute atomic E-state index is 0.110. The minimum atomic E-state index is -0.532. The first kappa shape index (κ1) is 19.0. The number of aromatic nitrogens is 3. The van der Waals surface area contributed by atoms with Crippen LogP contribution in [0.15, 0.2) is 12.1 Å². The lowest BCUT2D eigenvalue weighted by Crippen LogP contribution is -2.42. The first-order valence-corrected chi connectivity index (χ1v) is 10.1. The van der Waals surface area contributed by atoms with E-state index in [1.165, 1.54) is 6.42 Å². The highest BCUT2D eigenvalue weighted by molar-refractivity contribution is 5.69. The average molecular weight is 387 g/mol. The van der Waals surface area contributed by atoms with Crippen LogP contribution in [0.1, 0.15) is 63.9 Å². The summed E-state index contributed by atoms with van der Waals surface area (Å²) in [6.45, 7) is 8.17. The van der Waals surface area contributed by atoms with Crippen LogP contribution in [0, 0.1) is 0 Å². The number of carbonyl (C=O) groups is 1. The van der Waals surface area contributed by atoms with E-state index in [1.54, 1.807) is 9.42 Å². The van der Waals surface area contributed by atoms with Crippen molar-refractivity contribution in [2.75, 3.05) is 24.5 Å². The fourth-order valence-corrected chi connectivity index (χ4v) is 3.80. The van der Waals surface area contributed by atoms with Gasteiger partial charge >= 0.3 is 6.09 Å². The van der Waals surface area contributed by atoms with Gasteiger partial charge in [-0.25, -0.2) is 14.3 Å². The number of likely N-dealkylation sites (tertiary alicyclic amines) is 1. The number of aliphatic hydroxyl groups is 1. The number of nitrogens with zero attached hydrogens (tertiary/aromatic N) is 5. The maximum absolute atomic E-state index is 12.7. The van der Waals surface area contributed by atoms with Crippen molar-refractivity contribution < 1.29 is 14.6 Å². The minimum Gasteiger partial charge on any atom is -0.444 e. The van der Waals surface area contributed by atoms with E-state index in [0.717, 1.165) is 43.9 Å². The number of hydrogen-bond donors (Lipinski definition) is 1. The Kier molecular flexibility index (Phi) is 4.91. The molecule has 0 spiro atoms. The molecule has 28 heavy (non-hydrogen) atoms. The summed E-state index contributed by atoms with van der Waals surface area (Å²) in [5, 5.41) is 14.5. The Morgan fingerprint density at radius 1 is 1.21 bits per heavy atom. The molecule has 8 heteroatoms. The molecular formula is C20H29N5O3. The topological polar surface area (TPSA) is 83.2 Å². The van der Waals surface area contributed by atoms with Gasteiger partial charge in [0.1, 0.15) is 11.4 Å². The van der Waals surface area contributed by atoms with Crippen molar-refractivity contribution in [1.29, 1.82) is 0 Å². The number of ether oxygens (including phenoxy) is 1. The summed E-state index contributed by atoms with van der Waals surface area (Å²) in [5.41, 5.74) is 1.68. The van der Waals surface area contributed by atoms with Crippen LogP contribution >= 0.6 is 0 Å². The number of hydrogen-bond acceptors (Lipinski definition) is 6. The molecule has 4 rings (SSSR count). The predicted molar refractivity (Wildman–Crippen MR) is 105 cm³/mol. The van der Waals surface area contributed by atoms with Crippen molar-refractivity contribution >= 4 is 17.6 Å². The van der Waals surface area contributed by atoms with Gasteiger partial charge in [-0.2, -0.15) is 5.10 Å². The molecule has 4 heterocycles. The number of rotatable bonds is 3. The SMILES string of the molecule is CC(C)(C)OC(=O)N1CCCC[C@H]1c1cc2nc(N3CCC3)cc(CO)n2n1. The van der Waals surface area contributed by atoms with Gasteiger partial charge in [-0.3, -0.25) is 4.90 Å². The Balaban J connectivity index is 1.67. The van der Waals surface area contributed by atoms with E-state index in [4.69, 9.17) is 14.8 Å². The van der Waals surface area contributed by atoms with Gasteiger partial charge in [0.25, 0.3) is 0 Å². The Morgan fingerprint density at radius 3 is 2.64 bits per heavy atom. The van der Waals surface area contributed by atoms with Gasteiger partial charge in [0, 0.05) is 31.8 Å². The molecule has 2 aromatic heterocycles. The molecule has 8 nitrogen and oxygen atoms in total. The number of aliphatic hydroxyl groups excluding tert-OH is 1. The molecule has 2 saturated heterocycles. The Morgan fingerprint density at radius 2 is 2.00 bits per heavy atom. The monoisotopic (exact) mass is 387 g/mol. The van der Waals surface area contributed by atoms with E-state index in [0.29, 0.717) is 17.9 Å². The van der Waals surface area contributed by atoms with E-state index in [1.807, 2.05) is 32.9 Å². The normalized spacial score (nSPS) is 20.4. The Hall–Kier alpha value is -2.35. The molecule has 0 aromatic carbocycles. The largest absolute Gasteiger partial charge is 0.444 e. The predicted octanol–water partition coefficient (Wildman–Crippen LogP) is 2.89. The van der Waals surface area contributed by atoms with Gasteiger partial charge in [-0.1, -0.05) is 0 Å². The zero-order valence-corrected chi connectivity index (χ0v) is 16.9. The van der Waals surface area contributed by atoms with Gasteiger partial charge in [0.15, 0.2) is 5.65 Å². The van der Waals surface area contributed by atoms with E-state index in [-0.39, 0.29) is 18.7 Å². The van der Waals surface area contributed by atoms with Crippen LogP contribution in [0.4, 0.5) is 10.6 Å². The highest BCUT2D eigenvalue weighted by Crippen LogP contribution is 2.32. The van der Waals surface area contributed by atoms with Gasteiger partial charge in [0.2, 0.25) is 0 Å². The lowest BCUT2D eigenvalue weighted by molar-refractivity contribution is 0.00897. The third-order valence-corrected chi connectivity index (χ3v) is 5.32. The van der Waals surface area contributed by atoms with Gasteiger partial charge in [-0.15, -0.1) is 0 Å². The number of fused-ring (bicyclic) bond motifs is 1. The number of amides is 1. The summed E-state index contributed by atoms with van der Waals surface area (Å²) in [6.07, 6.45) is 3.71. The first-order valence-electron chi connectivity index (χ1n) is 10.1. The molecule has 0 radical (unpaired) electrons. The molecule has 0 saturated carbocycles. The zero-order valence-electron chi connectivity index (χ0n) is 16.9. The standard InChI is InChI=1S/C20H29N5O3/c1-20(2,3)28-19(27)24-10-5-4-7-16(24)15-12-18-21-17(23-8-6-9-23)11-14(13-26)25(18)22-15/h11-12,16,26H,4-10,13H2,1-3H3/t16-/m0/s1. The van der Waals surface area contributed by atoms with Crippen molar-refractivity contribution in [3.05, 3.63) is 23.5 Å². The van der Waals surface area contributed by atoms with Gasteiger partial charge in [0.05, 0.1) is 24.0 Å². The van der Waals surface area contributed by atoms with Gasteiger partial charge < -0.3 is 14.7 Å². The molecule has 1 amide bonds. The van der Waals surface area contributed by atoms with E-state index >= 15 is 0 Å². The lowest BCUT2D eigenvalue weighted by atomic mass is 10.00. The van der Waals surface area contributed by atoms with Crippen molar-refractivity contribution in [3.8, 4) is 0 Å². The zero-order chi connectivity index (χ0) is 19.9. The van der Waals surface area contributed by atoms with Crippen molar-refractivity contribution in [1.82, 2.24) is 19.5 Å². The molecule has 152 valence electrons. The third kappa shape index (κ3) is 3.65. The maximum Gasteiger partial charge on any atom is 0.410 e. The quantitative estimate of drug-likeness (QED) is 0.872. The summed E-state index contributed by atoms with van der Waals surface area (Å²) in [6, 6.07) is 3.70. The molecule has 0 aliphatic carbocycles. The molecule has 1 atom stereocenters. The molecule has 0 unspecified atom stereocenters. The molecular weight excluding hydrogens is 358 g/mol. The summed E-state index contributed by atoms with van der Waals surface area (Å²) in [4.78, 5) is 21.4. The summed E-state index contributed by atoms with van der Waals surface area (Å²) < 4.78 is 7.31. The fourth-order valence-electron chi connectivity index (χ4n) is 3.80. The van der Waals surface area contributed by atoms with Crippen LogP contribution in [-0.4, -0.2) is 55.9 Å². The summed E-state index contributed by atoms with van der Waals surface area (Å²) in [5.74, 6) is 0.877. The summed E-state index contributed by atoms with van der Waals surface area (Å²) >= 11 is 0. The average Bonchev–Trinajstić information content (AvgIpc) is 3.02. The summed E-state index contributed by atoms with van der Waals surface area (Å²) in [7, 11) is 0. The second kappa shape index (κ2) is 7.24. The highest BCUT2D eigenvalue weighted by Gasteiger charge is 2.33. The van der Waals surface area contributed by atoms with Crippen molar-refractivity contribution in [3.63, 3.8) is 0 Å². The first-order chi connectivity index (χ1) is 13.4. The van der Waals surface area contributed by atoms with E-state index in [2.05, 4.69) is 4.90 Å². The maximum atomic E-state index is 12.7. The smallest absolute Gasteiger partial charge is 0.410 e. The number of anilines is 1. The molecule has 0 bridgehead atoms. The number of piperidine rings is 1. The van der Waals surface area contributed by atoms with Gasteiger partial charge in [-0.05, 0) is 46.5 Å². The molecule has 2 aromatic rings. The van der Waals surface area contributed by atoms with Crippen LogP contribution in [0.2, 0.25) is 0 Å². The fraction of sp³-hybridized carbons (Fsp3) is 0.650. The van der Waals surface area contributed by atoms with Crippen molar-refractivity contribution in [2.45, 2.75) is 64.7 Å². The molecule has 2 aliphatic heterocycles. The Bertz CT molecular complexity index is 869. The second-order valence-corrected chi connectivity index (χ2v) is 8.63. The molecule has 2 fully saturated rings. The van der Waals surface area contributed by atoms with E-state index in [9.17, 15) is 9.90 Å². The van der Waals surface area contributed by atoms with Crippen LogP contribution < -0.4 is 4.90 Å². The van der Waals surface area contributed by atoms with Crippen LogP contribution in [0.25, 0.3) is 5.65 Å². The number of carbonyl (C=O) groups excluding carboxylic acids is 1. The lowest BCUT2D eigenvalue weighted by Gasteiger charge is -2.35. The van der Waals surface area contributed by atoms with Crippen LogP contribution in [-0.2, 0) is 11.3 Å². The van der Waals surface area contributed by atoms with Crippen LogP contribution in [0.3, 0.4) is 0 Å². The highest BCUT2D eigenvalue weighted by atomic mass is 16.6. The van der Waals surface area contributed by atoms with Crippen molar-refractivity contribution in [2.24, 2.45) is 0 Å².